The van der Waals surface area contributed by atoms with E-state index in [0.29, 0.717) is 12.5 Å². The summed E-state index contributed by atoms with van der Waals surface area (Å²) in [6, 6.07) is 9.91. The Hall–Kier alpha value is -2.20. The third-order valence-corrected chi connectivity index (χ3v) is 4.61. The molecule has 1 saturated carbocycles. The zero-order valence-electron chi connectivity index (χ0n) is 13.1. The molecule has 0 bridgehead atoms. The number of nitrogens with one attached hydrogen (secondary N) is 2. The van der Waals surface area contributed by atoms with Crippen molar-refractivity contribution in [1.82, 2.24) is 15.6 Å². The third kappa shape index (κ3) is 3.13. The Balaban J connectivity index is 1.61. The van der Waals surface area contributed by atoms with Crippen LogP contribution in [0, 0.1) is 0 Å². The van der Waals surface area contributed by atoms with E-state index in [9.17, 15) is 4.79 Å². The second kappa shape index (κ2) is 6.13. The van der Waals surface area contributed by atoms with Crippen molar-refractivity contribution < 1.29 is 4.79 Å². The molecule has 4 nitrogen and oxygen atoms in total. The van der Waals surface area contributed by atoms with E-state index in [-0.39, 0.29) is 5.91 Å². The summed E-state index contributed by atoms with van der Waals surface area (Å²) in [7, 11) is 0. The Morgan fingerprint density at radius 2 is 2.17 bits per heavy atom. The number of carbonyl (C=O) groups is 1. The van der Waals surface area contributed by atoms with Crippen molar-refractivity contribution in [3.63, 3.8) is 0 Å². The second-order valence-electron chi connectivity index (χ2n) is 6.39. The van der Waals surface area contributed by atoms with Crippen molar-refractivity contribution in [3.8, 4) is 0 Å². The van der Waals surface area contributed by atoms with Gasteiger partial charge in [-0.25, -0.2) is 0 Å². The van der Waals surface area contributed by atoms with Crippen LogP contribution in [0.5, 0.6) is 0 Å². The highest BCUT2D eigenvalue weighted by molar-refractivity contribution is 6.06. The van der Waals surface area contributed by atoms with Crippen molar-refractivity contribution in [3.05, 3.63) is 53.2 Å². The van der Waals surface area contributed by atoms with E-state index < -0.39 is 0 Å². The number of hydrogen-bond acceptors (Lipinski definition) is 3. The minimum absolute atomic E-state index is 0.00457. The van der Waals surface area contributed by atoms with Crippen molar-refractivity contribution in [2.45, 2.75) is 25.2 Å². The zero-order valence-corrected chi connectivity index (χ0v) is 13.1. The minimum Gasteiger partial charge on any atom is -0.348 e. The lowest BCUT2D eigenvalue weighted by Gasteiger charge is -2.15. The molecule has 4 rings (SSSR count). The van der Waals surface area contributed by atoms with Crippen LogP contribution in [-0.2, 0) is 0 Å². The Morgan fingerprint density at radius 1 is 1.30 bits per heavy atom. The molecule has 1 aromatic carbocycles. The molecule has 1 fully saturated rings. The topological polar surface area (TPSA) is 54.0 Å². The van der Waals surface area contributed by atoms with Crippen molar-refractivity contribution in [2.75, 3.05) is 19.6 Å². The van der Waals surface area contributed by atoms with Crippen molar-refractivity contribution in [2.24, 2.45) is 0 Å². The number of pyridine rings is 1. The molecular formula is C19H21N3O. The van der Waals surface area contributed by atoms with E-state index in [4.69, 9.17) is 4.98 Å². The van der Waals surface area contributed by atoms with Gasteiger partial charge in [0.15, 0.2) is 0 Å². The van der Waals surface area contributed by atoms with Gasteiger partial charge in [0.1, 0.15) is 0 Å². The smallest absolute Gasteiger partial charge is 0.252 e. The van der Waals surface area contributed by atoms with E-state index in [1.807, 2.05) is 30.3 Å². The minimum atomic E-state index is 0.00457. The van der Waals surface area contributed by atoms with Crippen LogP contribution in [0.15, 0.2) is 42.0 Å². The summed E-state index contributed by atoms with van der Waals surface area (Å²) in [5.41, 5.74) is 4.04. The van der Waals surface area contributed by atoms with E-state index in [1.165, 1.54) is 18.4 Å². The van der Waals surface area contributed by atoms with Gasteiger partial charge in [0, 0.05) is 30.1 Å². The van der Waals surface area contributed by atoms with Crippen LogP contribution in [-0.4, -0.2) is 30.5 Å². The summed E-state index contributed by atoms with van der Waals surface area (Å²) in [6.45, 7) is 2.52. The number of benzene rings is 1. The van der Waals surface area contributed by atoms with Gasteiger partial charge in [0.05, 0.1) is 11.1 Å². The molecule has 2 heterocycles. The van der Waals surface area contributed by atoms with E-state index >= 15 is 0 Å². The molecule has 1 amide bonds. The zero-order chi connectivity index (χ0) is 15.6. The Bertz CT molecular complexity index is 777. The van der Waals surface area contributed by atoms with Crippen molar-refractivity contribution in [1.29, 1.82) is 0 Å². The van der Waals surface area contributed by atoms with Crippen LogP contribution in [0.4, 0.5) is 0 Å². The summed E-state index contributed by atoms with van der Waals surface area (Å²) in [5, 5.41) is 7.31. The molecule has 0 unspecified atom stereocenters. The first kappa shape index (κ1) is 14.4. The van der Waals surface area contributed by atoms with E-state index in [1.54, 1.807) is 0 Å². The van der Waals surface area contributed by atoms with Gasteiger partial charge in [-0.2, -0.15) is 0 Å². The molecule has 0 saturated heterocycles. The maximum Gasteiger partial charge on any atom is 0.252 e. The van der Waals surface area contributed by atoms with Crippen LogP contribution >= 0.6 is 0 Å². The van der Waals surface area contributed by atoms with E-state index in [0.717, 1.165) is 41.7 Å². The summed E-state index contributed by atoms with van der Waals surface area (Å²) < 4.78 is 0. The fourth-order valence-electron chi connectivity index (χ4n) is 3.09. The van der Waals surface area contributed by atoms with Gasteiger partial charge in [-0.15, -0.1) is 0 Å². The molecule has 23 heavy (non-hydrogen) atoms. The molecular weight excluding hydrogens is 286 g/mol. The van der Waals surface area contributed by atoms with Crippen molar-refractivity contribution >= 4 is 16.8 Å². The molecule has 1 aromatic heterocycles. The first-order valence-electron chi connectivity index (χ1n) is 8.38. The lowest BCUT2D eigenvalue weighted by Crippen LogP contribution is -2.29. The van der Waals surface area contributed by atoms with Crippen LogP contribution in [0.3, 0.4) is 0 Å². The van der Waals surface area contributed by atoms with Gasteiger partial charge in [-0.05, 0) is 37.9 Å². The monoisotopic (exact) mass is 307 g/mol. The van der Waals surface area contributed by atoms with Gasteiger partial charge in [-0.1, -0.05) is 29.8 Å². The number of amides is 1. The van der Waals surface area contributed by atoms with Crippen LogP contribution in [0.25, 0.3) is 10.9 Å². The largest absolute Gasteiger partial charge is 0.348 e. The number of aromatic nitrogens is 1. The highest BCUT2D eigenvalue weighted by Gasteiger charge is 2.26. The Kier molecular flexibility index (Phi) is 3.83. The Labute approximate surface area is 136 Å². The SMILES string of the molecule is O=C(NCC1=CCNCC1)c1cc(C2CC2)nc2ccccc12. The summed E-state index contributed by atoms with van der Waals surface area (Å²) in [6.07, 6.45) is 5.55. The molecule has 1 aliphatic carbocycles. The van der Waals surface area contributed by atoms with Gasteiger partial charge in [-0.3, -0.25) is 9.78 Å². The van der Waals surface area contributed by atoms with Crippen LogP contribution in [0.1, 0.15) is 41.2 Å². The second-order valence-corrected chi connectivity index (χ2v) is 6.39. The molecule has 2 aromatic rings. The number of para-hydroxylation sites is 1. The van der Waals surface area contributed by atoms with Gasteiger partial charge >= 0.3 is 0 Å². The molecule has 4 heteroatoms. The molecule has 1 aliphatic heterocycles. The molecule has 0 spiro atoms. The highest BCUT2D eigenvalue weighted by Crippen LogP contribution is 2.40. The molecule has 2 aliphatic rings. The molecule has 2 N–H and O–H groups in total. The number of carbonyl (C=O) groups excluding carboxylic acids is 1. The predicted octanol–water partition coefficient (Wildman–Crippen LogP) is 2.76. The fourth-order valence-corrected chi connectivity index (χ4v) is 3.09. The molecule has 118 valence electrons. The number of hydrogen-bond donors (Lipinski definition) is 2. The standard InChI is InChI=1S/C19H21N3O/c23-19(21-12-13-7-9-20-10-8-13)16-11-18(14-5-6-14)22-17-4-2-1-3-15(16)17/h1-4,7,11,14,20H,5-6,8-10,12H2,(H,21,23). The fraction of sp³-hybridized carbons (Fsp3) is 0.368. The lowest BCUT2D eigenvalue weighted by molar-refractivity contribution is 0.0958. The first-order valence-corrected chi connectivity index (χ1v) is 8.38. The van der Waals surface area contributed by atoms with E-state index in [2.05, 4.69) is 16.7 Å². The highest BCUT2D eigenvalue weighted by atomic mass is 16.1. The Morgan fingerprint density at radius 3 is 2.96 bits per heavy atom. The quantitative estimate of drug-likeness (QED) is 0.854. The average molecular weight is 307 g/mol. The predicted molar refractivity (Wildman–Crippen MR) is 91.6 cm³/mol. The third-order valence-electron chi connectivity index (χ3n) is 4.61. The summed E-state index contributed by atoms with van der Waals surface area (Å²) in [4.78, 5) is 17.4. The van der Waals surface area contributed by atoms with Crippen LogP contribution < -0.4 is 10.6 Å². The summed E-state index contributed by atoms with van der Waals surface area (Å²) >= 11 is 0. The number of fused-ring (bicyclic) bond motifs is 1. The maximum atomic E-state index is 12.7. The molecule has 0 radical (unpaired) electrons. The van der Waals surface area contributed by atoms with Gasteiger partial charge in [0.25, 0.3) is 5.91 Å². The maximum absolute atomic E-state index is 12.7. The summed E-state index contributed by atoms with van der Waals surface area (Å²) in [5.74, 6) is 0.545. The normalized spacial score (nSPS) is 17.8. The van der Waals surface area contributed by atoms with Crippen LogP contribution in [0.2, 0.25) is 0 Å². The number of rotatable bonds is 4. The number of nitrogens with zero attached hydrogens (tertiary/aromatic N) is 1. The average Bonchev–Trinajstić information content (AvgIpc) is 3.45. The van der Waals surface area contributed by atoms with Gasteiger partial charge in [0.2, 0.25) is 0 Å². The van der Waals surface area contributed by atoms with Gasteiger partial charge < -0.3 is 10.6 Å². The first-order chi connectivity index (χ1) is 11.3. The molecule has 0 atom stereocenters. The lowest BCUT2D eigenvalue weighted by atomic mass is 10.0.